The van der Waals surface area contributed by atoms with Crippen molar-refractivity contribution < 1.29 is 4.74 Å². The Balaban J connectivity index is 2.06. The quantitative estimate of drug-likeness (QED) is 0.771. The molecular weight excluding hydrogens is 238 g/mol. The molecule has 4 heteroatoms. The van der Waals surface area contributed by atoms with Gasteiger partial charge in [-0.3, -0.25) is 0 Å². The van der Waals surface area contributed by atoms with Gasteiger partial charge in [0.1, 0.15) is 17.9 Å². The van der Waals surface area contributed by atoms with Gasteiger partial charge in [0, 0.05) is 18.0 Å². The summed E-state index contributed by atoms with van der Waals surface area (Å²) < 4.78 is 5.21. The summed E-state index contributed by atoms with van der Waals surface area (Å²) in [6.07, 6.45) is 6.59. The van der Waals surface area contributed by atoms with Crippen molar-refractivity contribution in [3.8, 4) is 5.75 Å². The average Bonchev–Trinajstić information content (AvgIpc) is 2.46. The molecule has 0 bridgehead atoms. The summed E-state index contributed by atoms with van der Waals surface area (Å²) in [4.78, 5) is 8.59. The topological polar surface area (TPSA) is 47.0 Å². The highest BCUT2D eigenvalue weighted by Crippen LogP contribution is 2.23. The van der Waals surface area contributed by atoms with Gasteiger partial charge in [-0.2, -0.15) is 0 Å². The van der Waals surface area contributed by atoms with Crippen molar-refractivity contribution in [2.45, 2.75) is 32.6 Å². The van der Waals surface area contributed by atoms with E-state index in [0.29, 0.717) is 0 Å². The van der Waals surface area contributed by atoms with E-state index >= 15 is 0 Å². The minimum absolute atomic E-state index is 0.820. The van der Waals surface area contributed by atoms with Gasteiger partial charge in [0.2, 0.25) is 0 Å². The molecule has 0 fully saturated rings. The molecule has 1 aromatic heterocycles. The van der Waals surface area contributed by atoms with Crippen LogP contribution in [0.5, 0.6) is 5.75 Å². The molecule has 0 saturated carbocycles. The maximum Gasteiger partial charge on any atom is 0.137 e. The van der Waals surface area contributed by atoms with Gasteiger partial charge < -0.3 is 10.1 Å². The van der Waals surface area contributed by atoms with Crippen LogP contribution < -0.4 is 10.1 Å². The van der Waals surface area contributed by atoms with Crippen molar-refractivity contribution in [1.29, 1.82) is 0 Å². The Morgan fingerprint density at radius 2 is 2.05 bits per heavy atom. The molecule has 0 radical (unpaired) electrons. The van der Waals surface area contributed by atoms with Crippen LogP contribution in [0.2, 0.25) is 0 Å². The Kier molecular flexibility index (Phi) is 4.95. The number of fused-ring (bicyclic) bond motifs is 1. The molecule has 4 nitrogen and oxygen atoms in total. The van der Waals surface area contributed by atoms with E-state index in [9.17, 15) is 0 Å². The lowest BCUT2D eigenvalue weighted by atomic mass is 10.2. The molecule has 0 saturated heterocycles. The normalized spacial score (nSPS) is 10.6. The molecule has 0 atom stereocenters. The van der Waals surface area contributed by atoms with Crippen LogP contribution in [0, 0.1) is 0 Å². The van der Waals surface area contributed by atoms with Gasteiger partial charge in [0.05, 0.1) is 12.6 Å². The summed E-state index contributed by atoms with van der Waals surface area (Å²) >= 11 is 0. The fourth-order valence-electron chi connectivity index (χ4n) is 2.06. The number of aromatic nitrogens is 2. The summed E-state index contributed by atoms with van der Waals surface area (Å²) in [6, 6.07) is 5.87. The molecule has 2 aromatic rings. The van der Waals surface area contributed by atoms with Crippen LogP contribution in [0.4, 0.5) is 5.82 Å². The number of unbranched alkanes of at least 4 members (excludes halogenated alkanes) is 3. The fraction of sp³-hybridized carbons (Fsp3) is 0.467. The van der Waals surface area contributed by atoms with Crippen molar-refractivity contribution in [3.63, 3.8) is 0 Å². The molecule has 0 aliphatic carbocycles. The number of nitrogens with one attached hydrogen (secondary N) is 1. The van der Waals surface area contributed by atoms with Crippen molar-refractivity contribution in [2.24, 2.45) is 0 Å². The molecule has 0 aliphatic heterocycles. The van der Waals surface area contributed by atoms with Gasteiger partial charge in [-0.05, 0) is 18.6 Å². The van der Waals surface area contributed by atoms with Gasteiger partial charge >= 0.3 is 0 Å². The highest BCUT2D eigenvalue weighted by atomic mass is 16.5. The average molecular weight is 259 g/mol. The van der Waals surface area contributed by atoms with Gasteiger partial charge in [0.15, 0.2) is 0 Å². The van der Waals surface area contributed by atoms with Gasteiger partial charge in [0.25, 0.3) is 0 Å². The SMILES string of the molecule is CCCCCCNc1ncnc2cc(OC)ccc12. The summed E-state index contributed by atoms with van der Waals surface area (Å²) in [6.45, 7) is 3.18. The maximum absolute atomic E-state index is 5.21. The highest BCUT2D eigenvalue weighted by molar-refractivity contribution is 5.89. The Labute approximate surface area is 114 Å². The van der Waals surface area contributed by atoms with Crippen LogP contribution in [0.3, 0.4) is 0 Å². The molecule has 102 valence electrons. The van der Waals surface area contributed by atoms with Crippen LogP contribution in [-0.4, -0.2) is 23.6 Å². The monoisotopic (exact) mass is 259 g/mol. The van der Waals surface area contributed by atoms with E-state index in [1.807, 2.05) is 18.2 Å². The predicted molar refractivity (Wildman–Crippen MR) is 78.7 cm³/mol. The van der Waals surface area contributed by atoms with E-state index in [-0.39, 0.29) is 0 Å². The zero-order valence-electron chi connectivity index (χ0n) is 11.6. The molecule has 1 N–H and O–H groups in total. The molecule has 0 amide bonds. The zero-order chi connectivity index (χ0) is 13.5. The Bertz CT molecular complexity index is 528. The Hall–Kier alpha value is -1.84. The molecule has 19 heavy (non-hydrogen) atoms. The zero-order valence-corrected chi connectivity index (χ0v) is 11.6. The summed E-state index contributed by atoms with van der Waals surface area (Å²) in [5.74, 6) is 1.73. The van der Waals surface area contributed by atoms with Crippen LogP contribution in [0.15, 0.2) is 24.5 Å². The lowest BCUT2D eigenvalue weighted by Crippen LogP contribution is -2.04. The number of ether oxygens (including phenoxy) is 1. The third kappa shape index (κ3) is 3.56. The van der Waals surface area contributed by atoms with E-state index < -0.39 is 0 Å². The number of benzene rings is 1. The van der Waals surface area contributed by atoms with Crippen molar-refractivity contribution in [1.82, 2.24) is 9.97 Å². The van der Waals surface area contributed by atoms with E-state index in [1.165, 1.54) is 25.7 Å². The van der Waals surface area contributed by atoms with Gasteiger partial charge in [-0.1, -0.05) is 26.2 Å². The van der Waals surface area contributed by atoms with Crippen molar-refractivity contribution in [3.05, 3.63) is 24.5 Å². The van der Waals surface area contributed by atoms with E-state index in [0.717, 1.165) is 29.0 Å². The number of anilines is 1. The first-order valence-corrected chi connectivity index (χ1v) is 6.87. The Morgan fingerprint density at radius 3 is 2.84 bits per heavy atom. The number of hydrogen-bond acceptors (Lipinski definition) is 4. The lowest BCUT2D eigenvalue weighted by Gasteiger charge is -2.08. The smallest absolute Gasteiger partial charge is 0.137 e. The van der Waals surface area contributed by atoms with Crippen molar-refractivity contribution >= 4 is 16.7 Å². The van der Waals surface area contributed by atoms with Gasteiger partial charge in [-0.25, -0.2) is 9.97 Å². The summed E-state index contributed by atoms with van der Waals surface area (Å²) in [5, 5.41) is 4.43. The molecule has 1 heterocycles. The first-order valence-electron chi connectivity index (χ1n) is 6.87. The molecule has 0 aliphatic rings. The van der Waals surface area contributed by atoms with Crippen LogP contribution in [-0.2, 0) is 0 Å². The Morgan fingerprint density at radius 1 is 1.16 bits per heavy atom. The second kappa shape index (κ2) is 6.92. The van der Waals surface area contributed by atoms with Crippen molar-refractivity contribution in [2.75, 3.05) is 19.0 Å². The molecule has 2 rings (SSSR count). The summed E-state index contributed by atoms with van der Waals surface area (Å²) in [5.41, 5.74) is 0.908. The standard InChI is InChI=1S/C15H21N3O/c1-3-4-5-6-9-16-15-13-8-7-12(19-2)10-14(13)17-11-18-15/h7-8,10-11H,3-6,9H2,1-2H3,(H,16,17,18). The largest absolute Gasteiger partial charge is 0.497 e. The highest BCUT2D eigenvalue weighted by Gasteiger charge is 2.04. The number of nitrogens with zero attached hydrogens (tertiary/aromatic N) is 2. The van der Waals surface area contributed by atoms with E-state index in [1.54, 1.807) is 13.4 Å². The van der Waals surface area contributed by atoms with Crippen LogP contribution in [0.1, 0.15) is 32.6 Å². The third-order valence-corrected chi connectivity index (χ3v) is 3.17. The minimum atomic E-state index is 0.820. The van der Waals surface area contributed by atoms with Crippen LogP contribution >= 0.6 is 0 Å². The third-order valence-electron chi connectivity index (χ3n) is 3.17. The first-order chi connectivity index (χ1) is 9.35. The second-order valence-electron chi connectivity index (χ2n) is 4.59. The molecular formula is C15H21N3O. The second-order valence-corrected chi connectivity index (χ2v) is 4.59. The first kappa shape index (κ1) is 13.6. The molecule has 0 unspecified atom stereocenters. The lowest BCUT2D eigenvalue weighted by molar-refractivity contribution is 0.415. The van der Waals surface area contributed by atoms with E-state index in [2.05, 4.69) is 22.2 Å². The number of hydrogen-bond donors (Lipinski definition) is 1. The predicted octanol–water partition coefficient (Wildman–Crippen LogP) is 3.63. The molecule has 1 aromatic carbocycles. The summed E-state index contributed by atoms with van der Waals surface area (Å²) in [7, 11) is 1.66. The van der Waals surface area contributed by atoms with E-state index in [4.69, 9.17) is 4.74 Å². The minimum Gasteiger partial charge on any atom is -0.497 e. The number of methoxy groups -OCH3 is 1. The maximum atomic E-state index is 5.21. The fourth-order valence-corrected chi connectivity index (χ4v) is 2.06. The van der Waals surface area contributed by atoms with Gasteiger partial charge in [-0.15, -0.1) is 0 Å². The number of rotatable bonds is 7. The van der Waals surface area contributed by atoms with Crippen LogP contribution in [0.25, 0.3) is 10.9 Å². The molecule has 0 spiro atoms.